The van der Waals surface area contributed by atoms with Gasteiger partial charge in [0.2, 0.25) is 0 Å². The number of H-pyrrole nitrogens is 1. The van der Waals surface area contributed by atoms with Gasteiger partial charge in [0, 0.05) is 30.1 Å². The van der Waals surface area contributed by atoms with E-state index in [1.165, 1.54) is 0 Å². The largest absolute Gasteiger partial charge is 0.379 e. The van der Waals surface area contributed by atoms with E-state index in [1.807, 2.05) is 37.3 Å². The monoisotopic (exact) mass is 535 g/mol. The highest BCUT2D eigenvalue weighted by Crippen LogP contribution is 2.34. The van der Waals surface area contributed by atoms with E-state index < -0.39 is 0 Å². The third-order valence-electron chi connectivity index (χ3n) is 7.42. The second-order valence-electron chi connectivity index (χ2n) is 11.3. The van der Waals surface area contributed by atoms with E-state index in [2.05, 4.69) is 84.2 Å². The van der Waals surface area contributed by atoms with Crippen LogP contribution in [-0.4, -0.2) is 53.5 Å². The first-order valence-corrected chi connectivity index (χ1v) is 13.8. The van der Waals surface area contributed by atoms with Crippen LogP contribution < -0.4 is 10.2 Å². The quantitative estimate of drug-likeness (QED) is 0.288. The van der Waals surface area contributed by atoms with Crippen LogP contribution in [0.3, 0.4) is 0 Å². The Morgan fingerprint density at radius 1 is 1.07 bits per heavy atom. The van der Waals surface area contributed by atoms with Crippen molar-refractivity contribution in [3.63, 3.8) is 0 Å². The lowest BCUT2D eigenvalue weighted by atomic mass is 9.86. The first-order chi connectivity index (χ1) is 19.2. The second-order valence-corrected chi connectivity index (χ2v) is 11.3. The Bertz CT molecular complexity index is 1550. The second kappa shape index (κ2) is 11.5. The fourth-order valence-corrected chi connectivity index (χ4v) is 4.96. The van der Waals surface area contributed by atoms with E-state index in [0.717, 1.165) is 65.1 Å². The molecule has 40 heavy (non-hydrogen) atoms. The molecule has 1 aliphatic heterocycles. The number of fused-ring (bicyclic) bond motifs is 1. The molecule has 206 valence electrons. The van der Waals surface area contributed by atoms with E-state index in [1.54, 1.807) is 17.2 Å². The molecule has 1 saturated heterocycles. The van der Waals surface area contributed by atoms with Crippen molar-refractivity contribution in [2.24, 2.45) is 0 Å². The molecule has 2 N–H and O–H groups in total. The number of benzene rings is 3. The molecule has 4 aromatic rings. The summed E-state index contributed by atoms with van der Waals surface area (Å²) in [6, 6.07) is 19.9. The molecule has 2 amide bonds. The summed E-state index contributed by atoms with van der Waals surface area (Å²) in [4.78, 5) is 18.0. The minimum absolute atomic E-state index is 0.0646. The maximum atomic E-state index is 14.0. The Labute approximate surface area is 236 Å². The SMILES string of the molecule is Cc1ccc(C(C)(C)C)cc1N(C(=O)Nc1ccc(C#CC(C)N2CCOCC2)c2ccccc12)c1ccn[nH]1. The first-order valence-electron chi connectivity index (χ1n) is 13.8. The number of aromatic amines is 1. The predicted molar refractivity (Wildman–Crippen MR) is 162 cm³/mol. The molecule has 1 aromatic heterocycles. The predicted octanol–water partition coefficient (Wildman–Crippen LogP) is 6.61. The molecular formula is C33H37N5O2. The van der Waals surface area contributed by atoms with Crippen LogP contribution in [0.4, 0.5) is 22.0 Å². The molecule has 1 unspecified atom stereocenters. The zero-order valence-electron chi connectivity index (χ0n) is 23.9. The van der Waals surface area contributed by atoms with Gasteiger partial charge >= 0.3 is 6.03 Å². The third-order valence-corrected chi connectivity index (χ3v) is 7.42. The van der Waals surface area contributed by atoms with Crippen molar-refractivity contribution in [3.05, 3.63) is 83.6 Å². The number of morpholine rings is 1. The summed E-state index contributed by atoms with van der Waals surface area (Å²) >= 11 is 0. The Balaban J connectivity index is 1.48. The van der Waals surface area contributed by atoms with Gasteiger partial charge < -0.3 is 10.1 Å². The standard InChI is InChI=1S/C33H37N5O2/c1-23-10-14-26(33(3,4)5)22-30(23)38(31-16-17-34-36-31)32(39)35-29-15-13-25(27-8-6-7-9-28(27)29)12-11-24(2)37-18-20-40-21-19-37/h6-10,13-17,22,24H,18-21H2,1-5H3,(H,34,36)(H,35,39). The minimum Gasteiger partial charge on any atom is -0.379 e. The number of nitrogens with zero attached hydrogens (tertiary/aromatic N) is 3. The number of aromatic nitrogens is 2. The summed E-state index contributed by atoms with van der Waals surface area (Å²) in [5.74, 6) is 7.40. The van der Waals surface area contributed by atoms with E-state index in [-0.39, 0.29) is 17.5 Å². The average molecular weight is 536 g/mol. The lowest BCUT2D eigenvalue weighted by Crippen LogP contribution is -2.41. The van der Waals surface area contributed by atoms with Gasteiger partial charge in [-0.25, -0.2) is 9.69 Å². The van der Waals surface area contributed by atoms with Crippen LogP contribution in [0.1, 0.15) is 44.4 Å². The molecule has 3 aromatic carbocycles. The number of anilines is 3. The molecule has 0 spiro atoms. The first kappa shape index (κ1) is 27.4. The number of hydrogen-bond acceptors (Lipinski definition) is 4. The number of hydrogen-bond donors (Lipinski definition) is 2. The zero-order chi connectivity index (χ0) is 28.3. The third kappa shape index (κ3) is 5.89. The number of ether oxygens (including phenoxy) is 1. The number of urea groups is 1. The van der Waals surface area contributed by atoms with Gasteiger partial charge in [0.15, 0.2) is 0 Å². The smallest absolute Gasteiger partial charge is 0.332 e. The summed E-state index contributed by atoms with van der Waals surface area (Å²) < 4.78 is 5.48. The molecule has 7 heteroatoms. The lowest BCUT2D eigenvalue weighted by molar-refractivity contribution is 0.0302. The Kier molecular flexibility index (Phi) is 7.92. The summed E-state index contributed by atoms with van der Waals surface area (Å²) in [5, 5.41) is 12.2. The van der Waals surface area contributed by atoms with Crippen molar-refractivity contribution in [1.29, 1.82) is 0 Å². The van der Waals surface area contributed by atoms with Crippen LogP contribution in [-0.2, 0) is 10.2 Å². The maximum Gasteiger partial charge on any atom is 0.332 e. The van der Waals surface area contributed by atoms with Crippen LogP contribution in [0.2, 0.25) is 0 Å². The minimum atomic E-state index is -0.275. The van der Waals surface area contributed by atoms with Crippen molar-refractivity contribution in [1.82, 2.24) is 15.1 Å². The van der Waals surface area contributed by atoms with Gasteiger partial charge in [-0.3, -0.25) is 10.00 Å². The van der Waals surface area contributed by atoms with Gasteiger partial charge in [-0.2, -0.15) is 5.10 Å². The van der Waals surface area contributed by atoms with E-state index in [0.29, 0.717) is 5.82 Å². The highest BCUT2D eigenvalue weighted by atomic mass is 16.5. The lowest BCUT2D eigenvalue weighted by Gasteiger charge is -2.29. The van der Waals surface area contributed by atoms with Crippen molar-refractivity contribution >= 4 is 34.0 Å². The molecule has 7 nitrogen and oxygen atoms in total. The van der Waals surface area contributed by atoms with Gasteiger partial charge in [-0.15, -0.1) is 0 Å². The Hall–Kier alpha value is -4.12. The number of rotatable bonds is 4. The number of amides is 2. The molecule has 0 radical (unpaired) electrons. The molecule has 0 bridgehead atoms. The topological polar surface area (TPSA) is 73.5 Å². The van der Waals surface area contributed by atoms with Crippen molar-refractivity contribution in [2.75, 3.05) is 36.5 Å². The molecule has 5 rings (SSSR count). The van der Waals surface area contributed by atoms with Crippen LogP contribution >= 0.6 is 0 Å². The van der Waals surface area contributed by atoms with E-state index in [9.17, 15) is 4.79 Å². The molecule has 2 heterocycles. The Morgan fingerprint density at radius 3 is 2.52 bits per heavy atom. The average Bonchev–Trinajstić information content (AvgIpc) is 3.48. The Morgan fingerprint density at radius 2 is 1.82 bits per heavy atom. The fourth-order valence-electron chi connectivity index (χ4n) is 4.96. The van der Waals surface area contributed by atoms with Crippen LogP contribution in [0.25, 0.3) is 10.8 Å². The highest BCUT2D eigenvalue weighted by molar-refractivity contribution is 6.11. The molecule has 0 aliphatic carbocycles. The van der Waals surface area contributed by atoms with Crippen LogP contribution in [0, 0.1) is 18.8 Å². The molecular weight excluding hydrogens is 498 g/mol. The normalized spacial score (nSPS) is 14.8. The number of carbonyl (C=O) groups is 1. The number of carbonyl (C=O) groups excluding carboxylic acids is 1. The van der Waals surface area contributed by atoms with Crippen molar-refractivity contribution in [3.8, 4) is 11.8 Å². The van der Waals surface area contributed by atoms with Gasteiger partial charge in [-0.05, 0) is 54.0 Å². The van der Waals surface area contributed by atoms with Crippen LogP contribution in [0.15, 0.2) is 66.9 Å². The molecule has 1 atom stereocenters. The fraction of sp³-hybridized carbons (Fsp3) is 0.333. The van der Waals surface area contributed by atoms with E-state index >= 15 is 0 Å². The summed E-state index contributed by atoms with van der Waals surface area (Å²) in [7, 11) is 0. The molecule has 0 saturated carbocycles. The van der Waals surface area contributed by atoms with E-state index in [4.69, 9.17) is 4.74 Å². The molecule has 1 fully saturated rings. The van der Waals surface area contributed by atoms with Crippen molar-refractivity contribution < 1.29 is 9.53 Å². The number of aryl methyl sites for hydroxylation is 1. The van der Waals surface area contributed by atoms with Gasteiger partial charge in [0.1, 0.15) is 5.82 Å². The van der Waals surface area contributed by atoms with Crippen LogP contribution in [0.5, 0.6) is 0 Å². The summed E-state index contributed by atoms with van der Waals surface area (Å²) in [6.07, 6.45) is 1.65. The van der Waals surface area contributed by atoms with Gasteiger partial charge in [0.25, 0.3) is 0 Å². The molecule has 1 aliphatic rings. The van der Waals surface area contributed by atoms with Gasteiger partial charge in [-0.1, -0.05) is 69.0 Å². The van der Waals surface area contributed by atoms with Gasteiger partial charge in [0.05, 0.1) is 36.8 Å². The number of nitrogens with one attached hydrogen (secondary N) is 2. The highest BCUT2D eigenvalue weighted by Gasteiger charge is 2.24. The summed E-state index contributed by atoms with van der Waals surface area (Å²) in [6.45, 7) is 13.9. The maximum absolute atomic E-state index is 14.0. The zero-order valence-corrected chi connectivity index (χ0v) is 23.9. The van der Waals surface area contributed by atoms with Crippen molar-refractivity contribution in [2.45, 2.75) is 46.1 Å². The summed E-state index contributed by atoms with van der Waals surface area (Å²) in [5.41, 5.74) is 4.53.